The molecular formula is C16H18N2O8S. The molecule has 0 bridgehead atoms. The number of methoxy groups -OCH3 is 1. The molecule has 0 aliphatic heterocycles. The van der Waals surface area contributed by atoms with Gasteiger partial charge in [-0.05, 0) is 38.5 Å². The van der Waals surface area contributed by atoms with Crippen molar-refractivity contribution < 1.29 is 36.7 Å². The molecule has 10 nitrogen and oxygen atoms in total. The molecule has 0 aliphatic carbocycles. The number of aromatic nitrogens is 1. The average Bonchev–Trinajstić information content (AvgIpc) is 3.18. The van der Waals surface area contributed by atoms with Crippen LogP contribution in [0.3, 0.4) is 0 Å². The standard InChI is InChI=1S/C16H18N2O8S/c1-7-12(16(21)24-4)8(2)18-13(7)14(19)9(3)25-15(20)10-5-6-11(26-10)27(17,22)23/h5-6,9,18H,1-4H3,(H2,17,22,23). The van der Waals surface area contributed by atoms with E-state index in [1.54, 1.807) is 13.8 Å². The molecule has 2 heterocycles. The van der Waals surface area contributed by atoms with Crippen LogP contribution in [-0.4, -0.2) is 44.3 Å². The number of esters is 2. The number of Topliss-reactive ketones (excluding diaryl/α,β-unsaturated/α-hetero) is 1. The van der Waals surface area contributed by atoms with Gasteiger partial charge < -0.3 is 18.9 Å². The third-order valence-corrected chi connectivity index (χ3v) is 4.57. The van der Waals surface area contributed by atoms with E-state index in [4.69, 9.17) is 14.3 Å². The van der Waals surface area contributed by atoms with Gasteiger partial charge in [0.1, 0.15) is 0 Å². The van der Waals surface area contributed by atoms with Crippen molar-refractivity contribution in [1.29, 1.82) is 0 Å². The van der Waals surface area contributed by atoms with Gasteiger partial charge >= 0.3 is 11.9 Å². The number of primary sulfonamides is 1. The lowest BCUT2D eigenvalue weighted by Crippen LogP contribution is -2.25. The van der Waals surface area contributed by atoms with E-state index in [0.29, 0.717) is 11.3 Å². The number of hydrogen-bond donors (Lipinski definition) is 2. The van der Waals surface area contributed by atoms with Crippen molar-refractivity contribution in [2.24, 2.45) is 5.14 Å². The minimum absolute atomic E-state index is 0.0952. The van der Waals surface area contributed by atoms with Gasteiger partial charge in [0.05, 0.1) is 18.4 Å². The molecule has 2 rings (SSSR count). The Bertz CT molecular complexity index is 1020. The molecule has 0 fully saturated rings. The molecule has 27 heavy (non-hydrogen) atoms. The quantitative estimate of drug-likeness (QED) is 0.540. The highest BCUT2D eigenvalue weighted by atomic mass is 32.2. The number of sulfonamides is 1. The molecule has 0 aromatic carbocycles. The Balaban J connectivity index is 2.20. The fourth-order valence-corrected chi connectivity index (χ4v) is 2.93. The number of carbonyl (C=O) groups is 3. The van der Waals surface area contributed by atoms with E-state index in [2.05, 4.69) is 9.72 Å². The Morgan fingerprint density at radius 2 is 1.81 bits per heavy atom. The second kappa shape index (κ2) is 7.37. The molecule has 3 N–H and O–H groups in total. The van der Waals surface area contributed by atoms with E-state index in [9.17, 15) is 22.8 Å². The molecule has 0 saturated carbocycles. The number of ether oxygens (including phenoxy) is 2. The van der Waals surface area contributed by atoms with Crippen molar-refractivity contribution in [2.45, 2.75) is 32.0 Å². The van der Waals surface area contributed by atoms with Gasteiger partial charge in [0, 0.05) is 5.69 Å². The van der Waals surface area contributed by atoms with Crippen LogP contribution in [0, 0.1) is 13.8 Å². The van der Waals surface area contributed by atoms with E-state index in [1.807, 2.05) is 0 Å². The van der Waals surface area contributed by atoms with Crippen molar-refractivity contribution in [2.75, 3.05) is 7.11 Å². The summed E-state index contributed by atoms with van der Waals surface area (Å²) in [6, 6.07) is 2.07. The first-order valence-corrected chi connectivity index (χ1v) is 9.17. The first-order chi connectivity index (χ1) is 12.5. The molecule has 0 aliphatic rings. The number of rotatable bonds is 6. The minimum atomic E-state index is -4.11. The zero-order valence-electron chi connectivity index (χ0n) is 15.0. The summed E-state index contributed by atoms with van der Waals surface area (Å²) in [6.45, 7) is 4.49. The number of hydrogen-bond acceptors (Lipinski definition) is 8. The molecule has 0 radical (unpaired) electrons. The number of aryl methyl sites for hydroxylation is 1. The topological polar surface area (TPSA) is 159 Å². The predicted octanol–water partition coefficient (Wildman–Crippen LogP) is 1.09. The lowest BCUT2D eigenvalue weighted by Gasteiger charge is -2.11. The SMILES string of the molecule is COC(=O)c1c(C)[nH]c(C(=O)C(C)OC(=O)c2ccc(S(N)(=O)=O)o2)c1C. The van der Waals surface area contributed by atoms with Gasteiger partial charge in [-0.1, -0.05) is 0 Å². The van der Waals surface area contributed by atoms with Gasteiger partial charge in [0.15, 0.2) is 6.10 Å². The van der Waals surface area contributed by atoms with Crippen LogP contribution in [0.4, 0.5) is 0 Å². The van der Waals surface area contributed by atoms with Crippen LogP contribution in [0.25, 0.3) is 0 Å². The maximum absolute atomic E-state index is 12.6. The second-order valence-corrected chi connectivity index (χ2v) is 7.18. The van der Waals surface area contributed by atoms with Gasteiger partial charge in [-0.15, -0.1) is 0 Å². The predicted molar refractivity (Wildman–Crippen MR) is 90.9 cm³/mol. The molecule has 11 heteroatoms. The molecule has 146 valence electrons. The summed E-state index contributed by atoms with van der Waals surface area (Å²) in [4.78, 5) is 39.2. The number of H-pyrrole nitrogens is 1. The van der Waals surface area contributed by atoms with Crippen LogP contribution >= 0.6 is 0 Å². The molecule has 0 spiro atoms. The van der Waals surface area contributed by atoms with E-state index >= 15 is 0 Å². The molecule has 2 aromatic rings. The van der Waals surface area contributed by atoms with Crippen LogP contribution in [0.2, 0.25) is 0 Å². The van der Waals surface area contributed by atoms with Crippen LogP contribution in [0.1, 0.15) is 49.6 Å². The Labute approximate surface area is 154 Å². The summed E-state index contributed by atoms with van der Waals surface area (Å²) in [7, 11) is -2.89. The molecule has 1 unspecified atom stereocenters. The number of furan rings is 1. The lowest BCUT2D eigenvalue weighted by molar-refractivity contribution is 0.0282. The van der Waals surface area contributed by atoms with Crippen LogP contribution in [0.5, 0.6) is 0 Å². The second-order valence-electron chi connectivity index (χ2n) is 5.69. The fraction of sp³-hybridized carbons (Fsp3) is 0.312. The largest absolute Gasteiger partial charge is 0.465 e. The van der Waals surface area contributed by atoms with Crippen molar-refractivity contribution in [3.05, 3.63) is 40.4 Å². The summed E-state index contributed by atoms with van der Waals surface area (Å²) in [5, 5.41) is 4.29. The van der Waals surface area contributed by atoms with E-state index in [0.717, 1.165) is 12.1 Å². The van der Waals surface area contributed by atoms with Crippen LogP contribution < -0.4 is 5.14 Å². The minimum Gasteiger partial charge on any atom is -0.465 e. The Morgan fingerprint density at radius 1 is 1.19 bits per heavy atom. The summed E-state index contributed by atoms with van der Waals surface area (Å²) in [5.41, 5.74) is 1.12. The number of ketones is 1. The Morgan fingerprint density at radius 3 is 2.33 bits per heavy atom. The van der Waals surface area contributed by atoms with E-state index < -0.39 is 44.7 Å². The summed E-state index contributed by atoms with van der Waals surface area (Å²) < 4.78 is 36.9. The van der Waals surface area contributed by atoms with Crippen molar-refractivity contribution in [1.82, 2.24) is 4.98 Å². The highest BCUT2D eigenvalue weighted by molar-refractivity contribution is 7.89. The monoisotopic (exact) mass is 398 g/mol. The first kappa shape index (κ1) is 20.4. The van der Waals surface area contributed by atoms with Gasteiger partial charge in [0.2, 0.25) is 16.6 Å². The Hall–Kier alpha value is -2.92. The van der Waals surface area contributed by atoms with Gasteiger partial charge in [-0.3, -0.25) is 4.79 Å². The van der Waals surface area contributed by atoms with Crippen molar-refractivity contribution in [3.8, 4) is 0 Å². The third kappa shape index (κ3) is 4.09. The normalized spacial score (nSPS) is 12.5. The fourth-order valence-electron chi connectivity index (χ4n) is 2.46. The van der Waals surface area contributed by atoms with Crippen LogP contribution in [0.15, 0.2) is 21.6 Å². The maximum Gasteiger partial charge on any atom is 0.375 e. The van der Waals surface area contributed by atoms with E-state index in [-0.39, 0.29) is 11.3 Å². The molecule has 2 aromatic heterocycles. The number of nitrogens with two attached hydrogens (primary N) is 1. The molecule has 0 amide bonds. The molecule has 0 saturated heterocycles. The van der Waals surface area contributed by atoms with Crippen molar-refractivity contribution in [3.63, 3.8) is 0 Å². The third-order valence-electron chi connectivity index (χ3n) is 3.79. The maximum atomic E-state index is 12.6. The average molecular weight is 398 g/mol. The first-order valence-electron chi connectivity index (χ1n) is 7.62. The zero-order valence-corrected chi connectivity index (χ0v) is 15.8. The number of carbonyl (C=O) groups excluding carboxylic acids is 3. The van der Waals surface area contributed by atoms with Gasteiger partial charge in [-0.25, -0.2) is 23.1 Å². The van der Waals surface area contributed by atoms with E-state index in [1.165, 1.54) is 14.0 Å². The highest BCUT2D eigenvalue weighted by Crippen LogP contribution is 2.21. The summed E-state index contributed by atoms with van der Waals surface area (Å²) in [5.74, 6) is -2.65. The van der Waals surface area contributed by atoms with Gasteiger partial charge in [0.25, 0.3) is 10.0 Å². The van der Waals surface area contributed by atoms with Gasteiger partial charge in [-0.2, -0.15) is 0 Å². The number of nitrogens with one attached hydrogen (secondary N) is 1. The Kier molecular flexibility index (Phi) is 5.56. The van der Waals surface area contributed by atoms with Crippen molar-refractivity contribution >= 4 is 27.7 Å². The smallest absolute Gasteiger partial charge is 0.375 e. The summed E-state index contributed by atoms with van der Waals surface area (Å²) >= 11 is 0. The summed E-state index contributed by atoms with van der Waals surface area (Å²) in [6.07, 6.45) is -1.23. The lowest BCUT2D eigenvalue weighted by atomic mass is 10.1. The molecule has 1 atom stereocenters. The highest BCUT2D eigenvalue weighted by Gasteiger charge is 2.28. The van der Waals surface area contributed by atoms with Crippen LogP contribution in [-0.2, 0) is 19.5 Å². The number of aromatic amines is 1. The molecular weight excluding hydrogens is 380 g/mol. The zero-order chi connectivity index (χ0) is 20.5.